The molecule has 5 heteroatoms. The van der Waals surface area contributed by atoms with E-state index in [1.165, 1.54) is 11.3 Å². The Labute approximate surface area is 116 Å². The van der Waals surface area contributed by atoms with Crippen LogP contribution in [0.5, 0.6) is 0 Å². The molecule has 0 aliphatic carbocycles. The molecule has 0 aliphatic heterocycles. The maximum Gasteiger partial charge on any atom is 0.413 e. The van der Waals surface area contributed by atoms with Gasteiger partial charge in [0.2, 0.25) is 0 Å². The summed E-state index contributed by atoms with van der Waals surface area (Å²) in [5.74, 6) is 0. The van der Waals surface area contributed by atoms with Crippen molar-refractivity contribution >= 4 is 22.6 Å². The van der Waals surface area contributed by atoms with E-state index in [-0.39, 0.29) is 0 Å². The zero-order chi connectivity index (χ0) is 13.5. The van der Waals surface area contributed by atoms with Gasteiger partial charge in [0.05, 0.1) is 12.3 Å². The number of benzene rings is 1. The first-order chi connectivity index (χ1) is 9.28. The van der Waals surface area contributed by atoms with E-state index in [0.29, 0.717) is 18.2 Å². The zero-order valence-corrected chi connectivity index (χ0v) is 11.6. The minimum atomic E-state index is -0.451. The highest BCUT2D eigenvalue weighted by atomic mass is 32.1. The lowest BCUT2D eigenvalue weighted by Crippen LogP contribution is -2.15. The minimum absolute atomic E-state index is 0.363. The Balaban J connectivity index is 1.73. The summed E-state index contributed by atoms with van der Waals surface area (Å²) in [7, 11) is 0. The number of hydrogen-bond donors (Lipinski definition) is 1. The number of ether oxygens (including phenoxy) is 1. The van der Waals surface area contributed by atoms with Crippen LogP contribution in [0.15, 0.2) is 35.7 Å². The molecular weight excluding hydrogens is 260 g/mol. The van der Waals surface area contributed by atoms with Crippen LogP contribution in [0.1, 0.15) is 18.2 Å². The minimum Gasteiger partial charge on any atom is -0.449 e. The van der Waals surface area contributed by atoms with Gasteiger partial charge in [0.15, 0.2) is 5.13 Å². The predicted molar refractivity (Wildman–Crippen MR) is 76.6 cm³/mol. The number of nitrogens with one attached hydrogen (secondary N) is 1. The molecule has 1 aromatic carbocycles. The highest BCUT2D eigenvalue weighted by Gasteiger charge is 2.06. The second kappa shape index (κ2) is 6.89. The fraction of sp³-hybridized carbons (Fsp3) is 0.286. The van der Waals surface area contributed by atoms with Crippen molar-refractivity contribution < 1.29 is 9.53 Å². The molecule has 100 valence electrons. The average Bonchev–Trinajstić information content (AvgIpc) is 2.87. The van der Waals surface area contributed by atoms with Crippen LogP contribution >= 0.6 is 11.3 Å². The van der Waals surface area contributed by atoms with E-state index in [9.17, 15) is 4.79 Å². The maximum absolute atomic E-state index is 11.5. The van der Waals surface area contributed by atoms with E-state index in [1.54, 1.807) is 0 Å². The Kier molecular flexibility index (Phi) is 4.92. The van der Waals surface area contributed by atoms with E-state index < -0.39 is 6.09 Å². The van der Waals surface area contributed by atoms with E-state index >= 15 is 0 Å². The van der Waals surface area contributed by atoms with Gasteiger partial charge in [-0.05, 0) is 12.0 Å². The Hall–Kier alpha value is -1.88. The molecule has 1 aromatic heterocycles. The van der Waals surface area contributed by atoms with Crippen LogP contribution in [0, 0.1) is 0 Å². The molecule has 4 nitrogen and oxygen atoms in total. The first kappa shape index (κ1) is 13.5. The zero-order valence-electron chi connectivity index (χ0n) is 10.8. The van der Waals surface area contributed by atoms with E-state index in [1.807, 2.05) is 42.6 Å². The number of thiazole rings is 1. The van der Waals surface area contributed by atoms with Crippen LogP contribution in [0.3, 0.4) is 0 Å². The lowest BCUT2D eigenvalue weighted by molar-refractivity contribution is 0.163. The summed E-state index contributed by atoms with van der Waals surface area (Å²) in [5, 5.41) is 5.14. The first-order valence-electron chi connectivity index (χ1n) is 6.20. The summed E-state index contributed by atoms with van der Waals surface area (Å²) in [6.45, 7) is 2.39. The topological polar surface area (TPSA) is 51.2 Å². The van der Waals surface area contributed by atoms with Crippen molar-refractivity contribution in [3.05, 3.63) is 47.0 Å². The van der Waals surface area contributed by atoms with E-state index in [4.69, 9.17) is 4.74 Å². The molecule has 1 amide bonds. The smallest absolute Gasteiger partial charge is 0.413 e. The highest BCUT2D eigenvalue weighted by molar-refractivity contribution is 7.13. The summed E-state index contributed by atoms with van der Waals surface area (Å²) < 4.78 is 5.11. The van der Waals surface area contributed by atoms with Crippen molar-refractivity contribution in [2.45, 2.75) is 19.8 Å². The van der Waals surface area contributed by atoms with Gasteiger partial charge < -0.3 is 4.74 Å². The molecule has 0 bridgehead atoms. The van der Waals surface area contributed by atoms with Crippen LogP contribution in [0.25, 0.3) is 0 Å². The molecule has 2 rings (SSSR count). The molecule has 0 atom stereocenters. The first-order valence-corrected chi connectivity index (χ1v) is 7.08. The van der Waals surface area contributed by atoms with Gasteiger partial charge in [0.25, 0.3) is 0 Å². The number of aromatic nitrogens is 1. The molecule has 0 saturated carbocycles. The third kappa shape index (κ3) is 4.37. The molecule has 0 radical (unpaired) electrons. The van der Waals surface area contributed by atoms with E-state index in [2.05, 4.69) is 10.3 Å². The number of rotatable bonds is 5. The lowest BCUT2D eigenvalue weighted by Gasteiger charge is -2.04. The Morgan fingerprint density at radius 3 is 2.84 bits per heavy atom. The molecule has 0 fully saturated rings. The number of anilines is 1. The van der Waals surface area contributed by atoms with Gasteiger partial charge in [-0.3, -0.25) is 5.32 Å². The van der Waals surface area contributed by atoms with E-state index in [0.717, 1.165) is 17.7 Å². The molecule has 1 N–H and O–H groups in total. The molecule has 19 heavy (non-hydrogen) atoms. The predicted octanol–water partition coefficient (Wildman–Crippen LogP) is 3.50. The van der Waals surface area contributed by atoms with Crippen LogP contribution in [0.2, 0.25) is 0 Å². The fourth-order valence-corrected chi connectivity index (χ4v) is 2.34. The van der Waals surface area contributed by atoms with Crippen LogP contribution in [0.4, 0.5) is 9.93 Å². The number of aryl methyl sites for hydroxylation is 1. The summed E-state index contributed by atoms with van der Waals surface area (Å²) >= 11 is 1.41. The van der Waals surface area contributed by atoms with Crippen molar-refractivity contribution in [2.75, 3.05) is 11.9 Å². The summed E-state index contributed by atoms with van der Waals surface area (Å²) in [4.78, 5) is 15.8. The van der Waals surface area contributed by atoms with Crippen molar-refractivity contribution in [3.8, 4) is 0 Å². The second-order valence-corrected chi connectivity index (χ2v) is 4.85. The number of carbonyl (C=O) groups is 1. The largest absolute Gasteiger partial charge is 0.449 e. The average molecular weight is 276 g/mol. The number of amides is 1. The third-order valence-corrected chi connectivity index (χ3v) is 3.40. The van der Waals surface area contributed by atoms with Crippen LogP contribution in [-0.2, 0) is 17.6 Å². The van der Waals surface area contributed by atoms with Crippen molar-refractivity contribution in [2.24, 2.45) is 0 Å². The standard InChI is InChI=1S/C14H16N2O2S/c1-2-12-10-19-13(15-12)16-14(17)18-9-8-11-6-4-3-5-7-11/h3-7,10H,2,8-9H2,1H3,(H,15,16,17). The van der Waals surface area contributed by atoms with Crippen molar-refractivity contribution in [3.63, 3.8) is 0 Å². The highest BCUT2D eigenvalue weighted by Crippen LogP contribution is 2.15. The van der Waals surface area contributed by atoms with Gasteiger partial charge in [-0.1, -0.05) is 37.3 Å². The maximum atomic E-state index is 11.5. The Bertz CT molecular complexity index is 525. The fourth-order valence-electron chi connectivity index (χ4n) is 1.56. The Morgan fingerprint density at radius 2 is 2.16 bits per heavy atom. The van der Waals surface area contributed by atoms with Gasteiger partial charge in [0.1, 0.15) is 0 Å². The van der Waals surface area contributed by atoms with Crippen molar-refractivity contribution in [1.82, 2.24) is 4.98 Å². The Morgan fingerprint density at radius 1 is 1.37 bits per heavy atom. The quantitative estimate of drug-likeness (QED) is 0.909. The SMILES string of the molecule is CCc1csc(NC(=O)OCCc2ccccc2)n1. The van der Waals surface area contributed by atoms with Crippen LogP contribution < -0.4 is 5.32 Å². The summed E-state index contributed by atoms with van der Waals surface area (Å²) in [5.41, 5.74) is 2.13. The van der Waals surface area contributed by atoms with Gasteiger partial charge in [-0.15, -0.1) is 11.3 Å². The molecule has 0 aliphatic rings. The monoisotopic (exact) mass is 276 g/mol. The molecule has 2 aromatic rings. The van der Waals surface area contributed by atoms with Gasteiger partial charge in [-0.2, -0.15) is 0 Å². The molecular formula is C14H16N2O2S. The summed E-state index contributed by atoms with van der Waals surface area (Å²) in [6.07, 6.45) is 1.13. The number of carbonyl (C=O) groups excluding carboxylic acids is 1. The molecule has 1 heterocycles. The molecule has 0 unspecified atom stereocenters. The van der Waals surface area contributed by atoms with Gasteiger partial charge in [-0.25, -0.2) is 9.78 Å². The summed E-state index contributed by atoms with van der Waals surface area (Å²) in [6, 6.07) is 9.92. The lowest BCUT2D eigenvalue weighted by atomic mass is 10.2. The number of hydrogen-bond acceptors (Lipinski definition) is 4. The van der Waals surface area contributed by atoms with Crippen molar-refractivity contribution in [1.29, 1.82) is 0 Å². The third-order valence-electron chi connectivity index (χ3n) is 2.59. The van der Waals surface area contributed by atoms with Crippen LogP contribution in [-0.4, -0.2) is 17.7 Å². The van der Waals surface area contributed by atoms with Gasteiger partial charge >= 0.3 is 6.09 Å². The molecule has 0 spiro atoms. The molecule has 0 saturated heterocycles. The number of nitrogens with zero attached hydrogens (tertiary/aromatic N) is 1. The normalized spacial score (nSPS) is 10.2. The second-order valence-electron chi connectivity index (χ2n) is 3.99. The van der Waals surface area contributed by atoms with Gasteiger partial charge in [0, 0.05) is 11.8 Å².